The second kappa shape index (κ2) is 8.99. The molecule has 0 spiro atoms. The second-order valence-corrected chi connectivity index (χ2v) is 9.36. The fourth-order valence-corrected chi connectivity index (χ4v) is 5.61. The number of hydrogen-bond donors (Lipinski definition) is 2. The minimum Gasteiger partial charge on any atom is -0.495 e. The van der Waals surface area contributed by atoms with Crippen LogP contribution < -0.4 is 10.1 Å². The number of halogens is 3. The Morgan fingerprint density at radius 2 is 1.72 bits per heavy atom. The summed E-state index contributed by atoms with van der Waals surface area (Å²) in [5.41, 5.74) is 2.49. The molecule has 2 N–H and O–H groups in total. The molecule has 0 aliphatic heterocycles. The summed E-state index contributed by atoms with van der Waals surface area (Å²) in [6, 6.07) is 9.23. The summed E-state index contributed by atoms with van der Waals surface area (Å²) in [6.45, 7) is 1.96. The van der Waals surface area contributed by atoms with Crippen LogP contribution in [0.4, 0.5) is 5.69 Å². The number of thiophene rings is 1. The summed E-state index contributed by atoms with van der Waals surface area (Å²) in [7, 11) is 1.52. The molecule has 1 heterocycles. The van der Waals surface area contributed by atoms with E-state index in [2.05, 4.69) is 53.1 Å². The van der Waals surface area contributed by atoms with Crippen molar-refractivity contribution in [3.63, 3.8) is 0 Å². The number of carboxylic acids is 1. The molecule has 150 valence electrons. The number of aryl methyl sites for hydroxylation is 1. The Kier molecular flexibility index (Phi) is 6.83. The number of carbonyl (C=O) groups excluding carboxylic acids is 1. The van der Waals surface area contributed by atoms with Crippen molar-refractivity contribution in [1.82, 2.24) is 0 Å². The highest BCUT2D eigenvalue weighted by Crippen LogP contribution is 2.41. The molecule has 3 rings (SSSR count). The molecule has 0 saturated carbocycles. The van der Waals surface area contributed by atoms with Crippen molar-refractivity contribution in [3.8, 4) is 16.2 Å². The Morgan fingerprint density at radius 3 is 2.31 bits per heavy atom. The monoisotopic (exact) mass is 601 g/mol. The zero-order chi connectivity index (χ0) is 21.3. The first-order chi connectivity index (χ1) is 13.7. The van der Waals surface area contributed by atoms with E-state index in [9.17, 15) is 14.7 Å². The van der Waals surface area contributed by atoms with E-state index in [1.807, 2.05) is 31.2 Å². The molecule has 0 radical (unpaired) electrons. The van der Waals surface area contributed by atoms with Crippen LogP contribution in [0.25, 0.3) is 10.4 Å². The van der Waals surface area contributed by atoms with Crippen molar-refractivity contribution >= 4 is 76.7 Å². The third-order valence-corrected chi connectivity index (χ3v) is 7.91. The number of benzene rings is 2. The highest BCUT2D eigenvalue weighted by atomic mass is 79.9. The molecule has 0 saturated heterocycles. The van der Waals surface area contributed by atoms with Crippen molar-refractivity contribution < 1.29 is 19.4 Å². The van der Waals surface area contributed by atoms with Gasteiger partial charge in [0, 0.05) is 14.3 Å². The normalized spacial score (nSPS) is 10.7. The molecule has 0 aliphatic carbocycles. The van der Waals surface area contributed by atoms with Gasteiger partial charge in [0.25, 0.3) is 5.91 Å². The maximum absolute atomic E-state index is 13.0. The van der Waals surface area contributed by atoms with Crippen LogP contribution in [0.5, 0.6) is 5.75 Å². The lowest BCUT2D eigenvalue weighted by atomic mass is 10.1. The molecule has 0 fully saturated rings. The van der Waals surface area contributed by atoms with E-state index in [0.717, 1.165) is 11.1 Å². The minimum absolute atomic E-state index is 0.0621. The molecule has 29 heavy (non-hydrogen) atoms. The van der Waals surface area contributed by atoms with Crippen molar-refractivity contribution in [3.05, 3.63) is 65.8 Å². The third kappa shape index (κ3) is 4.42. The number of hydrogen-bond acceptors (Lipinski definition) is 4. The van der Waals surface area contributed by atoms with E-state index in [1.54, 1.807) is 11.4 Å². The fraction of sp³-hybridized carbons (Fsp3) is 0.100. The predicted molar refractivity (Wildman–Crippen MR) is 125 cm³/mol. The van der Waals surface area contributed by atoms with Crippen molar-refractivity contribution in [1.29, 1.82) is 0 Å². The first-order valence-corrected chi connectivity index (χ1v) is 11.4. The highest BCUT2D eigenvalue weighted by Gasteiger charge is 2.24. The maximum atomic E-state index is 13.0. The number of amides is 1. The molecule has 1 aromatic heterocycles. The van der Waals surface area contributed by atoms with Gasteiger partial charge in [-0.25, -0.2) is 4.79 Å². The van der Waals surface area contributed by atoms with Gasteiger partial charge in [-0.05, 0) is 66.3 Å². The lowest BCUT2D eigenvalue weighted by Gasteiger charge is -2.13. The first kappa shape index (κ1) is 22.0. The molecule has 2 aromatic carbocycles. The van der Waals surface area contributed by atoms with Crippen LogP contribution in [-0.2, 0) is 0 Å². The van der Waals surface area contributed by atoms with E-state index in [0.29, 0.717) is 29.6 Å². The minimum atomic E-state index is -1.11. The number of rotatable bonds is 5. The lowest BCUT2D eigenvalue weighted by molar-refractivity contribution is 0.0699. The van der Waals surface area contributed by atoms with Crippen LogP contribution in [0.1, 0.15) is 26.3 Å². The van der Waals surface area contributed by atoms with Gasteiger partial charge in [-0.2, -0.15) is 0 Å². The molecule has 1 amide bonds. The van der Waals surface area contributed by atoms with E-state index >= 15 is 0 Å². The summed E-state index contributed by atoms with van der Waals surface area (Å²) < 4.78 is 6.84. The highest BCUT2D eigenvalue weighted by molar-refractivity contribution is 9.13. The largest absolute Gasteiger partial charge is 0.495 e. The standard InChI is InChI=1S/C20H14Br3NO4S/c1-9-3-5-10(6-4-9)18-15(20(26)27)12(8-29-18)24-19(25)14-11(21)7-13(28-2)16(22)17(14)23/h3-8H,1-2H3,(H,24,25)(H,26,27). The van der Waals surface area contributed by atoms with E-state index in [4.69, 9.17) is 4.74 Å². The second-order valence-electron chi connectivity index (χ2n) is 6.04. The summed E-state index contributed by atoms with van der Waals surface area (Å²) in [5.74, 6) is -1.02. The predicted octanol–water partition coefficient (Wildman–Crippen LogP) is 6.97. The molecule has 0 unspecified atom stereocenters. The van der Waals surface area contributed by atoms with Crippen LogP contribution >= 0.6 is 59.1 Å². The van der Waals surface area contributed by atoms with Gasteiger partial charge in [-0.3, -0.25) is 4.79 Å². The van der Waals surface area contributed by atoms with Crippen LogP contribution in [0.15, 0.2) is 49.1 Å². The van der Waals surface area contributed by atoms with Gasteiger partial charge >= 0.3 is 5.97 Å². The molecule has 9 heteroatoms. The zero-order valence-corrected chi connectivity index (χ0v) is 20.8. The summed E-state index contributed by atoms with van der Waals surface area (Å²) in [4.78, 5) is 25.5. The number of nitrogens with one attached hydrogen (secondary N) is 1. The summed E-state index contributed by atoms with van der Waals surface area (Å²) in [5, 5.41) is 14.1. The van der Waals surface area contributed by atoms with Gasteiger partial charge in [0.15, 0.2) is 0 Å². The van der Waals surface area contributed by atoms with Crippen LogP contribution in [-0.4, -0.2) is 24.1 Å². The molecule has 0 bridgehead atoms. The van der Waals surface area contributed by atoms with Crippen molar-refractivity contribution in [2.24, 2.45) is 0 Å². The summed E-state index contributed by atoms with van der Waals surface area (Å²) >= 11 is 11.4. The van der Waals surface area contributed by atoms with E-state index in [-0.39, 0.29) is 11.3 Å². The van der Waals surface area contributed by atoms with Gasteiger partial charge < -0.3 is 15.2 Å². The molecule has 0 atom stereocenters. The van der Waals surface area contributed by atoms with E-state index in [1.165, 1.54) is 18.4 Å². The Labute approximate surface area is 196 Å². The van der Waals surface area contributed by atoms with Crippen molar-refractivity contribution in [2.75, 3.05) is 12.4 Å². The summed E-state index contributed by atoms with van der Waals surface area (Å²) in [6.07, 6.45) is 0. The van der Waals surface area contributed by atoms with Crippen LogP contribution in [0.2, 0.25) is 0 Å². The third-order valence-electron chi connectivity index (χ3n) is 4.14. The van der Waals surface area contributed by atoms with Gasteiger partial charge in [-0.1, -0.05) is 29.8 Å². The van der Waals surface area contributed by atoms with Gasteiger partial charge in [-0.15, -0.1) is 11.3 Å². The molecule has 3 aromatic rings. The van der Waals surface area contributed by atoms with Gasteiger partial charge in [0.2, 0.25) is 0 Å². The van der Waals surface area contributed by atoms with Crippen LogP contribution in [0, 0.1) is 6.92 Å². The Bertz CT molecular complexity index is 1110. The Hall–Kier alpha value is -1.68. The number of aromatic carboxylic acids is 1. The average Bonchev–Trinajstić information content (AvgIpc) is 3.09. The van der Waals surface area contributed by atoms with Crippen LogP contribution in [0.3, 0.4) is 0 Å². The first-order valence-electron chi connectivity index (χ1n) is 8.19. The Morgan fingerprint density at radius 1 is 1.07 bits per heavy atom. The molecular formula is C20H14Br3NO4S. The molecular weight excluding hydrogens is 590 g/mol. The lowest BCUT2D eigenvalue weighted by Crippen LogP contribution is -2.15. The Balaban J connectivity index is 2.01. The fourth-order valence-electron chi connectivity index (χ4n) is 2.69. The van der Waals surface area contributed by atoms with E-state index < -0.39 is 11.9 Å². The smallest absolute Gasteiger partial charge is 0.339 e. The van der Waals surface area contributed by atoms with Gasteiger partial charge in [0.1, 0.15) is 11.3 Å². The molecule has 5 nitrogen and oxygen atoms in total. The number of methoxy groups -OCH3 is 1. The maximum Gasteiger partial charge on any atom is 0.339 e. The molecule has 0 aliphatic rings. The SMILES string of the molecule is COc1cc(Br)c(C(=O)Nc2csc(-c3ccc(C)cc3)c2C(=O)O)c(Br)c1Br. The number of carbonyl (C=O) groups is 2. The van der Waals surface area contributed by atoms with Gasteiger partial charge in [0.05, 0.1) is 27.7 Å². The number of ether oxygens (including phenoxy) is 1. The van der Waals surface area contributed by atoms with Crippen molar-refractivity contribution in [2.45, 2.75) is 6.92 Å². The average molecular weight is 604 g/mol. The number of carboxylic acid groups (broad SMARTS) is 1. The topological polar surface area (TPSA) is 75.6 Å². The number of anilines is 1. The quantitative estimate of drug-likeness (QED) is 0.309. The zero-order valence-electron chi connectivity index (χ0n) is 15.2.